The monoisotopic (exact) mass is 633 g/mol. The standard InChI is InChI=1S/C35H43N3O8/c1-4-44-33(40)19-37-35(41)36-18-23-5-11-26(12-6-23)34-45-29(17-30(46-34)25-9-7-24(22-39)8-10-25)21-38-14-13-27-15-31(42-2)32(43-3)16-28(27)20-38/h5-12,15-16,29-30,34,39H,4,13-14,17-22H2,1-3H3,(H2,36,37,41). The number of nitrogens with one attached hydrogen (secondary N) is 2. The molecule has 0 aromatic heterocycles. The van der Waals surface area contributed by atoms with Crippen molar-refractivity contribution in [2.45, 2.75) is 58.0 Å². The summed E-state index contributed by atoms with van der Waals surface area (Å²) in [5, 5.41) is 14.8. The molecule has 3 aromatic carbocycles. The van der Waals surface area contributed by atoms with Crippen molar-refractivity contribution in [2.75, 3.05) is 40.5 Å². The summed E-state index contributed by atoms with van der Waals surface area (Å²) in [6, 6.07) is 19.3. The molecule has 0 spiro atoms. The summed E-state index contributed by atoms with van der Waals surface area (Å²) >= 11 is 0. The van der Waals surface area contributed by atoms with Gasteiger partial charge in [0.05, 0.1) is 39.6 Å². The predicted molar refractivity (Wildman–Crippen MR) is 170 cm³/mol. The SMILES string of the molecule is CCOC(=O)CNC(=O)NCc1ccc(C2OC(CN3CCc4cc(OC)c(OC)cc4C3)CC(c3ccc(CO)cc3)O2)cc1. The average Bonchev–Trinajstić information content (AvgIpc) is 3.09. The summed E-state index contributed by atoms with van der Waals surface area (Å²) in [6.07, 6.45) is 0.727. The fourth-order valence-electron chi connectivity index (χ4n) is 5.82. The number of carbonyl (C=O) groups is 2. The fourth-order valence-corrected chi connectivity index (χ4v) is 5.82. The first-order valence-electron chi connectivity index (χ1n) is 15.6. The zero-order valence-electron chi connectivity index (χ0n) is 26.6. The van der Waals surface area contributed by atoms with E-state index in [2.05, 4.69) is 27.7 Å². The van der Waals surface area contributed by atoms with Crippen molar-refractivity contribution in [2.24, 2.45) is 0 Å². The molecule has 2 aliphatic heterocycles. The van der Waals surface area contributed by atoms with Crippen LogP contribution in [0.25, 0.3) is 0 Å². The van der Waals surface area contributed by atoms with Gasteiger partial charge in [0.25, 0.3) is 0 Å². The highest BCUT2D eigenvalue weighted by Gasteiger charge is 2.34. The molecule has 0 aliphatic carbocycles. The number of hydrogen-bond acceptors (Lipinski definition) is 9. The van der Waals surface area contributed by atoms with Crippen molar-refractivity contribution in [3.63, 3.8) is 0 Å². The minimum Gasteiger partial charge on any atom is -0.493 e. The molecule has 0 radical (unpaired) electrons. The number of rotatable bonds is 12. The Morgan fingerprint density at radius 2 is 1.59 bits per heavy atom. The summed E-state index contributed by atoms with van der Waals surface area (Å²) in [5.74, 6) is 0.994. The zero-order chi connectivity index (χ0) is 32.5. The van der Waals surface area contributed by atoms with E-state index >= 15 is 0 Å². The molecule has 11 nitrogen and oxygen atoms in total. The number of hydrogen-bond donors (Lipinski definition) is 3. The lowest BCUT2D eigenvalue weighted by atomic mass is 9.97. The van der Waals surface area contributed by atoms with E-state index in [1.54, 1.807) is 21.1 Å². The van der Waals surface area contributed by atoms with Gasteiger partial charge in [-0.05, 0) is 53.3 Å². The Bertz CT molecular complexity index is 1460. The maximum absolute atomic E-state index is 12.1. The van der Waals surface area contributed by atoms with Crippen LogP contribution in [0.3, 0.4) is 0 Å². The van der Waals surface area contributed by atoms with E-state index in [1.807, 2.05) is 48.5 Å². The molecule has 0 bridgehead atoms. The Balaban J connectivity index is 1.26. The predicted octanol–water partition coefficient (Wildman–Crippen LogP) is 4.16. The third-order valence-electron chi connectivity index (χ3n) is 8.28. The van der Waals surface area contributed by atoms with Crippen LogP contribution in [0.4, 0.5) is 4.79 Å². The molecule has 5 rings (SSSR count). The molecule has 246 valence electrons. The van der Waals surface area contributed by atoms with E-state index in [1.165, 1.54) is 11.1 Å². The normalized spacial score (nSPS) is 19.5. The summed E-state index contributed by atoms with van der Waals surface area (Å²) in [4.78, 5) is 26.0. The van der Waals surface area contributed by atoms with Crippen molar-refractivity contribution >= 4 is 12.0 Å². The van der Waals surface area contributed by atoms with E-state index < -0.39 is 18.3 Å². The quantitative estimate of drug-likeness (QED) is 0.252. The van der Waals surface area contributed by atoms with Gasteiger partial charge in [0, 0.05) is 38.2 Å². The fraction of sp³-hybridized carbons (Fsp3) is 0.429. The number of amides is 2. The average molecular weight is 634 g/mol. The Kier molecular flexibility index (Phi) is 11.5. The molecule has 3 N–H and O–H groups in total. The van der Waals surface area contributed by atoms with Gasteiger partial charge in [-0.15, -0.1) is 0 Å². The molecular formula is C35H43N3O8. The Morgan fingerprint density at radius 1 is 0.913 bits per heavy atom. The van der Waals surface area contributed by atoms with Crippen LogP contribution >= 0.6 is 0 Å². The first-order chi connectivity index (χ1) is 22.4. The lowest BCUT2D eigenvalue weighted by Gasteiger charge is -2.39. The van der Waals surface area contributed by atoms with Gasteiger partial charge in [0.15, 0.2) is 17.8 Å². The van der Waals surface area contributed by atoms with Crippen LogP contribution in [-0.2, 0) is 45.1 Å². The molecule has 1 fully saturated rings. The van der Waals surface area contributed by atoms with Crippen LogP contribution in [-0.4, -0.2) is 68.6 Å². The number of ether oxygens (including phenoxy) is 5. The number of esters is 1. The van der Waals surface area contributed by atoms with Crippen LogP contribution in [0.1, 0.15) is 59.1 Å². The number of benzene rings is 3. The molecule has 2 amide bonds. The van der Waals surface area contributed by atoms with E-state index in [0.29, 0.717) is 6.42 Å². The summed E-state index contributed by atoms with van der Waals surface area (Å²) in [7, 11) is 3.31. The third kappa shape index (κ3) is 8.55. The largest absolute Gasteiger partial charge is 0.493 e. The van der Waals surface area contributed by atoms with Crippen LogP contribution in [0, 0.1) is 0 Å². The molecule has 2 heterocycles. The number of aliphatic hydroxyl groups excluding tert-OH is 1. The molecule has 2 aliphatic rings. The molecule has 11 heteroatoms. The molecule has 3 atom stereocenters. The van der Waals surface area contributed by atoms with Gasteiger partial charge in [-0.25, -0.2) is 4.79 Å². The lowest BCUT2D eigenvalue weighted by Crippen LogP contribution is -2.41. The van der Waals surface area contributed by atoms with E-state index in [0.717, 1.165) is 59.8 Å². The number of aliphatic hydroxyl groups is 1. The lowest BCUT2D eigenvalue weighted by molar-refractivity contribution is -0.253. The molecule has 0 saturated carbocycles. The molecular weight excluding hydrogens is 590 g/mol. The zero-order valence-corrected chi connectivity index (χ0v) is 26.6. The molecule has 3 aromatic rings. The van der Waals surface area contributed by atoms with Crippen molar-refractivity contribution in [1.29, 1.82) is 0 Å². The van der Waals surface area contributed by atoms with Gasteiger partial charge >= 0.3 is 12.0 Å². The van der Waals surface area contributed by atoms with Crippen LogP contribution in [0.2, 0.25) is 0 Å². The summed E-state index contributed by atoms with van der Waals surface area (Å²) in [5.41, 5.74) is 6.14. The number of urea groups is 1. The Labute approximate surface area is 269 Å². The molecule has 46 heavy (non-hydrogen) atoms. The van der Waals surface area contributed by atoms with Gasteiger partial charge in [-0.3, -0.25) is 9.69 Å². The highest BCUT2D eigenvalue weighted by Crippen LogP contribution is 2.39. The summed E-state index contributed by atoms with van der Waals surface area (Å²) < 4.78 is 29.0. The Hall–Kier alpha value is -4.16. The van der Waals surface area contributed by atoms with Gasteiger partial charge in [0.2, 0.25) is 0 Å². The minimum absolute atomic E-state index is 0.0124. The van der Waals surface area contributed by atoms with Crippen LogP contribution < -0.4 is 20.1 Å². The van der Waals surface area contributed by atoms with Crippen molar-refractivity contribution in [3.8, 4) is 11.5 Å². The van der Waals surface area contributed by atoms with Crippen molar-refractivity contribution < 1.29 is 38.4 Å². The van der Waals surface area contributed by atoms with E-state index in [9.17, 15) is 14.7 Å². The number of fused-ring (bicyclic) bond motifs is 1. The van der Waals surface area contributed by atoms with Crippen molar-refractivity contribution in [3.05, 3.63) is 94.0 Å². The third-order valence-corrected chi connectivity index (χ3v) is 8.28. The first-order valence-corrected chi connectivity index (χ1v) is 15.6. The van der Waals surface area contributed by atoms with E-state index in [-0.39, 0.29) is 38.5 Å². The molecule has 1 saturated heterocycles. The highest BCUT2D eigenvalue weighted by molar-refractivity contribution is 5.80. The first kappa shape index (κ1) is 33.2. The second-order valence-electron chi connectivity index (χ2n) is 11.4. The maximum atomic E-state index is 12.1. The van der Waals surface area contributed by atoms with Crippen LogP contribution in [0.5, 0.6) is 11.5 Å². The highest BCUT2D eigenvalue weighted by atomic mass is 16.7. The van der Waals surface area contributed by atoms with Crippen LogP contribution in [0.15, 0.2) is 60.7 Å². The van der Waals surface area contributed by atoms with Gasteiger partial charge in [-0.1, -0.05) is 48.5 Å². The van der Waals surface area contributed by atoms with Gasteiger partial charge in [0.1, 0.15) is 6.54 Å². The number of methoxy groups -OCH3 is 2. The second-order valence-corrected chi connectivity index (χ2v) is 11.4. The number of nitrogens with zero attached hydrogens (tertiary/aromatic N) is 1. The second kappa shape index (κ2) is 15.9. The molecule has 3 unspecified atom stereocenters. The maximum Gasteiger partial charge on any atom is 0.325 e. The smallest absolute Gasteiger partial charge is 0.325 e. The van der Waals surface area contributed by atoms with Gasteiger partial charge in [-0.2, -0.15) is 0 Å². The topological polar surface area (TPSA) is 128 Å². The summed E-state index contributed by atoms with van der Waals surface area (Å²) in [6.45, 7) is 4.49. The van der Waals surface area contributed by atoms with E-state index in [4.69, 9.17) is 23.7 Å². The number of carbonyl (C=O) groups excluding carboxylic acids is 2. The van der Waals surface area contributed by atoms with Gasteiger partial charge < -0.3 is 39.4 Å². The minimum atomic E-state index is -0.586. The van der Waals surface area contributed by atoms with Crippen molar-refractivity contribution in [1.82, 2.24) is 15.5 Å². The Morgan fingerprint density at radius 3 is 2.26 bits per heavy atom.